The summed E-state index contributed by atoms with van der Waals surface area (Å²) < 4.78 is 16.1. The van der Waals surface area contributed by atoms with Crippen LogP contribution in [0.4, 0.5) is 0 Å². The zero-order valence-electron chi connectivity index (χ0n) is 16.9. The molecule has 1 aromatic carbocycles. The van der Waals surface area contributed by atoms with Crippen LogP contribution in [0.1, 0.15) is 55.8 Å². The number of hydrogen-bond acceptors (Lipinski definition) is 5. The molecule has 3 rings (SSSR count). The Bertz CT molecular complexity index is 625. The maximum atomic E-state index is 12.9. The number of ether oxygens (including phenoxy) is 3. The summed E-state index contributed by atoms with van der Waals surface area (Å²) >= 11 is 0. The third-order valence-corrected chi connectivity index (χ3v) is 5.87. The highest BCUT2D eigenvalue weighted by Gasteiger charge is 2.38. The first-order valence-corrected chi connectivity index (χ1v) is 9.97. The lowest BCUT2D eigenvalue weighted by molar-refractivity contribution is 0.0245. The zero-order chi connectivity index (χ0) is 19.4. The van der Waals surface area contributed by atoms with Gasteiger partial charge in [-0.3, -0.25) is 9.69 Å². The number of amides is 1. The van der Waals surface area contributed by atoms with Gasteiger partial charge in [0.15, 0.2) is 11.5 Å². The van der Waals surface area contributed by atoms with Gasteiger partial charge in [0, 0.05) is 23.7 Å². The third-order valence-electron chi connectivity index (χ3n) is 5.87. The molecule has 6 heteroatoms. The van der Waals surface area contributed by atoms with E-state index in [1.165, 1.54) is 32.2 Å². The quantitative estimate of drug-likeness (QED) is 0.792. The second-order valence-electron chi connectivity index (χ2n) is 7.53. The highest BCUT2D eigenvalue weighted by atomic mass is 16.5. The average Bonchev–Trinajstić information content (AvgIpc) is 2.67. The van der Waals surface area contributed by atoms with E-state index in [2.05, 4.69) is 17.1 Å². The highest BCUT2D eigenvalue weighted by molar-refractivity contribution is 5.95. The number of benzene rings is 1. The molecule has 2 saturated heterocycles. The maximum Gasteiger partial charge on any atom is 0.251 e. The minimum atomic E-state index is -0.0822. The first kappa shape index (κ1) is 19.8. The van der Waals surface area contributed by atoms with Gasteiger partial charge in [-0.1, -0.05) is 13.3 Å². The van der Waals surface area contributed by atoms with Crippen molar-refractivity contribution in [2.45, 2.75) is 63.6 Å². The first-order chi connectivity index (χ1) is 13.1. The second kappa shape index (κ2) is 8.83. The third kappa shape index (κ3) is 4.15. The highest BCUT2D eigenvalue weighted by Crippen LogP contribution is 2.38. The minimum Gasteiger partial charge on any atom is -0.493 e. The standard InChI is InChI=1S/C21H32N2O4/c1-5-9-23-16-7-6-8-17(23)13-15(12-16)22-21(24)14-10-18(25-2)20(27-4)19(11-14)26-3/h10-11,15-17H,5-9,12-13H2,1-4H3,(H,22,24)/t16-,17-/m0/s1. The molecule has 1 N–H and O–H groups in total. The van der Waals surface area contributed by atoms with E-state index in [1.807, 2.05) is 0 Å². The number of fused-ring (bicyclic) bond motifs is 2. The SMILES string of the molecule is CCCN1[C@H]2CCC[C@H]1CC(NC(=O)c1cc(OC)c(OC)c(OC)c1)C2. The average molecular weight is 376 g/mol. The maximum absolute atomic E-state index is 12.9. The van der Waals surface area contributed by atoms with Gasteiger partial charge in [0.05, 0.1) is 21.3 Å². The van der Waals surface area contributed by atoms with Crippen molar-refractivity contribution in [1.82, 2.24) is 10.2 Å². The Kier molecular flexibility index (Phi) is 6.47. The van der Waals surface area contributed by atoms with Crippen LogP contribution in [0.5, 0.6) is 17.2 Å². The molecular weight excluding hydrogens is 344 g/mol. The molecule has 2 aliphatic rings. The summed E-state index contributed by atoms with van der Waals surface area (Å²) in [6.07, 6.45) is 7.05. The Morgan fingerprint density at radius 3 is 2.15 bits per heavy atom. The summed E-state index contributed by atoms with van der Waals surface area (Å²) in [4.78, 5) is 15.6. The molecule has 2 atom stereocenters. The zero-order valence-corrected chi connectivity index (χ0v) is 16.9. The lowest BCUT2D eigenvalue weighted by Crippen LogP contribution is -2.57. The van der Waals surface area contributed by atoms with Gasteiger partial charge in [-0.15, -0.1) is 0 Å². The van der Waals surface area contributed by atoms with Crippen LogP contribution >= 0.6 is 0 Å². The monoisotopic (exact) mass is 376 g/mol. The predicted molar refractivity (Wildman–Crippen MR) is 105 cm³/mol. The van der Waals surface area contributed by atoms with Gasteiger partial charge in [-0.2, -0.15) is 0 Å². The molecule has 0 saturated carbocycles. The van der Waals surface area contributed by atoms with Gasteiger partial charge >= 0.3 is 0 Å². The van der Waals surface area contributed by atoms with Crippen molar-refractivity contribution in [2.24, 2.45) is 0 Å². The van der Waals surface area contributed by atoms with Crippen molar-refractivity contribution in [2.75, 3.05) is 27.9 Å². The fourth-order valence-electron chi connectivity index (χ4n) is 4.70. The molecule has 2 aliphatic heterocycles. The van der Waals surface area contributed by atoms with Crippen molar-refractivity contribution in [1.29, 1.82) is 0 Å². The molecule has 1 aromatic rings. The summed E-state index contributed by atoms with van der Waals surface area (Å²) in [7, 11) is 4.68. The summed E-state index contributed by atoms with van der Waals surface area (Å²) in [5.74, 6) is 1.41. The first-order valence-electron chi connectivity index (χ1n) is 9.97. The van der Waals surface area contributed by atoms with E-state index in [9.17, 15) is 4.79 Å². The van der Waals surface area contributed by atoms with Crippen molar-refractivity contribution in [3.63, 3.8) is 0 Å². The van der Waals surface area contributed by atoms with Crippen molar-refractivity contribution in [3.05, 3.63) is 17.7 Å². The van der Waals surface area contributed by atoms with Gasteiger partial charge in [0.25, 0.3) is 5.91 Å². The molecule has 1 amide bonds. The fraction of sp³-hybridized carbons (Fsp3) is 0.667. The van der Waals surface area contributed by atoms with Crippen LogP contribution in [-0.4, -0.2) is 56.8 Å². The van der Waals surface area contributed by atoms with Gasteiger partial charge in [0.2, 0.25) is 5.75 Å². The van der Waals surface area contributed by atoms with Crippen molar-refractivity contribution in [3.8, 4) is 17.2 Å². The normalized spacial score (nSPS) is 25.0. The Hall–Kier alpha value is -1.95. The largest absolute Gasteiger partial charge is 0.493 e. The number of nitrogens with zero attached hydrogens (tertiary/aromatic N) is 1. The van der Waals surface area contributed by atoms with Crippen LogP contribution in [0, 0.1) is 0 Å². The van der Waals surface area contributed by atoms with E-state index >= 15 is 0 Å². The van der Waals surface area contributed by atoms with Gasteiger partial charge in [0.1, 0.15) is 0 Å². The summed E-state index contributed by atoms with van der Waals surface area (Å²) in [6.45, 7) is 3.41. The number of methoxy groups -OCH3 is 3. The van der Waals surface area contributed by atoms with Crippen molar-refractivity contribution < 1.29 is 19.0 Å². The minimum absolute atomic E-state index is 0.0822. The molecule has 6 nitrogen and oxygen atoms in total. The smallest absolute Gasteiger partial charge is 0.251 e. The fourth-order valence-corrected chi connectivity index (χ4v) is 4.70. The lowest BCUT2D eigenvalue weighted by Gasteiger charge is -2.49. The molecule has 27 heavy (non-hydrogen) atoms. The molecule has 0 aromatic heterocycles. The van der Waals surface area contributed by atoms with Crippen LogP contribution in [0.2, 0.25) is 0 Å². The van der Waals surface area contributed by atoms with E-state index in [0.717, 1.165) is 12.8 Å². The number of piperidine rings is 2. The Morgan fingerprint density at radius 2 is 1.67 bits per heavy atom. The van der Waals surface area contributed by atoms with E-state index in [0.29, 0.717) is 34.9 Å². The summed E-state index contributed by atoms with van der Waals surface area (Å²) in [5, 5.41) is 3.25. The van der Waals surface area contributed by atoms with Crippen LogP contribution in [0.15, 0.2) is 12.1 Å². The van der Waals surface area contributed by atoms with Crippen molar-refractivity contribution >= 4 is 5.91 Å². The topological polar surface area (TPSA) is 60.0 Å². The van der Waals surface area contributed by atoms with E-state index in [4.69, 9.17) is 14.2 Å². The molecule has 0 spiro atoms. The van der Waals surface area contributed by atoms with E-state index in [1.54, 1.807) is 33.5 Å². The van der Waals surface area contributed by atoms with Crippen LogP contribution in [0.25, 0.3) is 0 Å². The van der Waals surface area contributed by atoms with E-state index < -0.39 is 0 Å². The number of rotatable bonds is 7. The van der Waals surface area contributed by atoms with Gasteiger partial charge < -0.3 is 19.5 Å². The number of carbonyl (C=O) groups excluding carboxylic acids is 1. The Labute approximate surface area is 162 Å². The molecule has 2 fully saturated rings. The lowest BCUT2D eigenvalue weighted by atomic mass is 9.81. The van der Waals surface area contributed by atoms with Crippen LogP contribution in [0.3, 0.4) is 0 Å². The summed E-state index contributed by atoms with van der Waals surface area (Å²) in [5.41, 5.74) is 0.533. The predicted octanol–water partition coefficient (Wildman–Crippen LogP) is 3.24. The number of carbonyl (C=O) groups is 1. The molecule has 0 unspecified atom stereocenters. The van der Waals surface area contributed by atoms with Crippen LogP contribution < -0.4 is 19.5 Å². The van der Waals surface area contributed by atoms with Gasteiger partial charge in [-0.25, -0.2) is 0 Å². The molecule has 2 bridgehead atoms. The molecule has 0 aliphatic carbocycles. The molecule has 2 heterocycles. The Balaban J connectivity index is 1.72. The van der Waals surface area contributed by atoms with Gasteiger partial charge in [-0.05, 0) is 50.8 Å². The van der Waals surface area contributed by atoms with E-state index in [-0.39, 0.29) is 11.9 Å². The Morgan fingerprint density at radius 1 is 1.07 bits per heavy atom. The number of hydrogen-bond donors (Lipinski definition) is 1. The van der Waals surface area contributed by atoms with Crippen LogP contribution in [-0.2, 0) is 0 Å². The summed E-state index contributed by atoms with van der Waals surface area (Å²) in [6, 6.07) is 4.85. The number of nitrogens with one attached hydrogen (secondary N) is 1. The molecule has 0 radical (unpaired) electrons. The molecular formula is C21H32N2O4. The molecule has 150 valence electrons. The second-order valence-corrected chi connectivity index (χ2v) is 7.53.